The molecule has 0 aliphatic heterocycles. The predicted octanol–water partition coefficient (Wildman–Crippen LogP) is 2.52. The van der Waals surface area contributed by atoms with E-state index in [1.807, 2.05) is 0 Å². The van der Waals surface area contributed by atoms with Gasteiger partial charge in [0.05, 0.1) is 0 Å². The Kier molecular flexibility index (Phi) is 6.68. The van der Waals surface area contributed by atoms with Gasteiger partial charge in [0.2, 0.25) is 11.9 Å². The summed E-state index contributed by atoms with van der Waals surface area (Å²) in [6.07, 6.45) is 8.88. The summed E-state index contributed by atoms with van der Waals surface area (Å²) in [5, 5.41) is 13.2. The van der Waals surface area contributed by atoms with Crippen LogP contribution < -0.4 is 5.32 Å². The molecular formula is C13H24N2O3. The van der Waals surface area contributed by atoms with Crippen LogP contribution >= 0.6 is 0 Å². The fourth-order valence-corrected chi connectivity index (χ4v) is 2.12. The third-order valence-corrected chi connectivity index (χ3v) is 3.44. The first-order chi connectivity index (χ1) is 8.66. The number of amides is 1. The monoisotopic (exact) mass is 256 g/mol. The van der Waals surface area contributed by atoms with Crippen molar-refractivity contribution in [2.75, 3.05) is 6.54 Å². The van der Waals surface area contributed by atoms with E-state index in [-0.39, 0.29) is 16.7 Å². The van der Waals surface area contributed by atoms with E-state index in [0.717, 1.165) is 12.8 Å². The summed E-state index contributed by atoms with van der Waals surface area (Å²) < 4.78 is 0. The number of nitro groups is 1. The van der Waals surface area contributed by atoms with E-state index in [0.29, 0.717) is 13.0 Å². The van der Waals surface area contributed by atoms with Gasteiger partial charge in [0.15, 0.2) is 0 Å². The third-order valence-electron chi connectivity index (χ3n) is 3.44. The van der Waals surface area contributed by atoms with Crippen LogP contribution in [0.4, 0.5) is 0 Å². The van der Waals surface area contributed by atoms with Crippen LogP contribution in [0.25, 0.3) is 0 Å². The van der Waals surface area contributed by atoms with E-state index in [9.17, 15) is 14.9 Å². The SMILES string of the molecule is CCCCCCCCCNC(=O)C1CC1[N+](=O)[O-]. The van der Waals surface area contributed by atoms with Crippen LogP contribution in [0.1, 0.15) is 58.3 Å². The summed E-state index contributed by atoms with van der Waals surface area (Å²) in [5.41, 5.74) is 0. The number of nitrogens with one attached hydrogen (secondary N) is 1. The molecule has 2 atom stereocenters. The van der Waals surface area contributed by atoms with E-state index < -0.39 is 6.04 Å². The smallest absolute Gasteiger partial charge is 0.230 e. The number of carbonyl (C=O) groups excluding carboxylic acids is 1. The zero-order chi connectivity index (χ0) is 13.4. The molecule has 0 aromatic carbocycles. The number of rotatable bonds is 10. The van der Waals surface area contributed by atoms with Gasteiger partial charge in [-0.3, -0.25) is 14.9 Å². The first kappa shape index (κ1) is 14.9. The summed E-state index contributed by atoms with van der Waals surface area (Å²) in [4.78, 5) is 21.5. The maximum atomic E-state index is 11.5. The van der Waals surface area contributed by atoms with Gasteiger partial charge in [-0.25, -0.2) is 0 Å². The molecule has 1 rings (SSSR count). The van der Waals surface area contributed by atoms with Crippen molar-refractivity contribution >= 4 is 5.91 Å². The summed E-state index contributed by atoms with van der Waals surface area (Å²) in [6, 6.07) is -0.626. The first-order valence-corrected chi connectivity index (χ1v) is 7.08. The molecule has 0 spiro atoms. The summed E-state index contributed by atoms with van der Waals surface area (Å²) in [5.74, 6) is -0.507. The lowest BCUT2D eigenvalue weighted by molar-refractivity contribution is -0.497. The second-order valence-electron chi connectivity index (χ2n) is 5.11. The molecule has 1 N–H and O–H groups in total. The van der Waals surface area contributed by atoms with Crippen LogP contribution in [0, 0.1) is 16.0 Å². The van der Waals surface area contributed by atoms with Crippen molar-refractivity contribution in [2.24, 2.45) is 5.92 Å². The van der Waals surface area contributed by atoms with Crippen LogP contribution in [0.2, 0.25) is 0 Å². The lowest BCUT2D eigenvalue weighted by Crippen LogP contribution is -2.28. The van der Waals surface area contributed by atoms with Gasteiger partial charge < -0.3 is 5.32 Å². The van der Waals surface area contributed by atoms with Gasteiger partial charge in [0.25, 0.3) is 0 Å². The topological polar surface area (TPSA) is 72.2 Å². The lowest BCUT2D eigenvalue weighted by atomic mass is 10.1. The molecule has 18 heavy (non-hydrogen) atoms. The van der Waals surface area contributed by atoms with Gasteiger partial charge in [0.1, 0.15) is 5.92 Å². The van der Waals surface area contributed by atoms with Crippen LogP contribution in [-0.4, -0.2) is 23.4 Å². The molecule has 0 radical (unpaired) electrons. The van der Waals surface area contributed by atoms with Gasteiger partial charge >= 0.3 is 0 Å². The Hall–Kier alpha value is -1.13. The van der Waals surface area contributed by atoms with Gasteiger partial charge in [-0.05, 0) is 6.42 Å². The molecule has 2 unspecified atom stereocenters. The Morgan fingerprint density at radius 2 is 1.83 bits per heavy atom. The molecule has 1 fully saturated rings. The van der Waals surface area contributed by atoms with Crippen molar-refractivity contribution in [1.29, 1.82) is 0 Å². The maximum absolute atomic E-state index is 11.5. The van der Waals surface area contributed by atoms with Crippen LogP contribution in [0.5, 0.6) is 0 Å². The Morgan fingerprint density at radius 1 is 1.22 bits per heavy atom. The molecule has 5 heteroatoms. The molecule has 1 aliphatic carbocycles. The third kappa shape index (κ3) is 5.47. The van der Waals surface area contributed by atoms with Crippen LogP contribution in [-0.2, 0) is 4.79 Å². The van der Waals surface area contributed by atoms with E-state index >= 15 is 0 Å². The molecule has 1 aliphatic rings. The second-order valence-corrected chi connectivity index (χ2v) is 5.11. The standard InChI is InChI=1S/C13H24N2O3/c1-2-3-4-5-6-7-8-9-14-13(16)11-10-12(11)15(17)18/h11-12H,2-10H2,1H3,(H,14,16). The Morgan fingerprint density at radius 3 is 2.39 bits per heavy atom. The van der Waals surface area contributed by atoms with Gasteiger partial charge in [-0.2, -0.15) is 0 Å². The molecule has 1 amide bonds. The molecule has 0 heterocycles. The Balaban J connectivity index is 1.89. The molecule has 5 nitrogen and oxygen atoms in total. The highest BCUT2D eigenvalue weighted by Gasteiger charge is 2.53. The molecule has 0 aromatic rings. The number of carbonyl (C=O) groups is 1. The highest BCUT2D eigenvalue weighted by molar-refractivity contribution is 5.81. The molecular weight excluding hydrogens is 232 g/mol. The normalized spacial score (nSPS) is 21.6. The van der Waals surface area contributed by atoms with Crippen molar-refractivity contribution < 1.29 is 9.72 Å². The average Bonchev–Trinajstić information content (AvgIpc) is 3.12. The summed E-state index contributed by atoms with van der Waals surface area (Å²) in [7, 11) is 0. The zero-order valence-electron chi connectivity index (χ0n) is 11.2. The summed E-state index contributed by atoms with van der Waals surface area (Å²) >= 11 is 0. The Bertz CT molecular complexity index is 281. The van der Waals surface area contributed by atoms with Crippen molar-refractivity contribution in [1.82, 2.24) is 5.32 Å². The number of hydrogen-bond donors (Lipinski definition) is 1. The van der Waals surface area contributed by atoms with Crippen molar-refractivity contribution in [3.8, 4) is 0 Å². The molecule has 0 aromatic heterocycles. The van der Waals surface area contributed by atoms with Crippen molar-refractivity contribution in [3.63, 3.8) is 0 Å². The van der Waals surface area contributed by atoms with Gasteiger partial charge in [-0.15, -0.1) is 0 Å². The van der Waals surface area contributed by atoms with E-state index in [1.54, 1.807) is 0 Å². The minimum absolute atomic E-state index is 0.136. The van der Waals surface area contributed by atoms with Crippen LogP contribution in [0.15, 0.2) is 0 Å². The minimum atomic E-state index is -0.626. The first-order valence-electron chi connectivity index (χ1n) is 7.08. The molecule has 1 saturated carbocycles. The van der Waals surface area contributed by atoms with Crippen LogP contribution in [0.3, 0.4) is 0 Å². The van der Waals surface area contributed by atoms with Gasteiger partial charge in [0, 0.05) is 17.9 Å². The summed E-state index contributed by atoms with van der Waals surface area (Å²) in [6.45, 7) is 2.86. The maximum Gasteiger partial charge on any atom is 0.230 e. The quantitative estimate of drug-likeness (QED) is 0.371. The largest absolute Gasteiger partial charge is 0.356 e. The number of nitrogens with zero attached hydrogens (tertiary/aromatic N) is 1. The molecule has 104 valence electrons. The average molecular weight is 256 g/mol. The number of hydrogen-bond acceptors (Lipinski definition) is 3. The van der Waals surface area contributed by atoms with E-state index in [4.69, 9.17) is 0 Å². The van der Waals surface area contributed by atoms with Gasteiger partial charge in [-0.1, -0.05) is 45.4 Å². The molecule has 0 saturated heterocycles. The minimum Gasteiger partial charge on any atom is -0.356 e. The fourth-order valence-electron chi connectivity index (χ4n) is 2.12. The van der Waals surface area contributed by atoms with Crippen molar-refractivity contribution in [3.05, 3.63) is 10.1 Å². The zero-order valence-corrected chi connectivity index (χ0v) is 11.2. The highest BCUT2D eigenvalue weighted by Crippen LogP contribution is 2.32. The predicted molar refractivity (Wildman–Crippen MR) is 69.9 cm³/mol. The van der Waals surface area contributed by atoms with E-state index in [1.165, 1.54) is 32.1 Å². The molecule has 0 bridgehead atoms. The van der Waals surface area contributed by atoms with E-state index in [2.05, 4.69) is 12.2 Å². The Labute approximate surface area is 108 Å². The lowest BCUT2D eigenvalue weighted by Gasteiger charge is -2.03. The second kappa shape index (κ2) is 8.06. The number of unbranched alkanes of at least 4 members (excludes halogenated alkanes) is 6. The highest BCUT2D eigenvalue weighted by atomic mass is 16.6. The van der Waals surface area contributed by atoms with Crippen molar-refractivity contribution in [2.45, 2.75) is 64.3 Å². The fraction of sp³-hybridized carbons (Fsp3) is 0.923.